The average molecular weight is 363 g/mol. The van der Waals surface area contributed by atoms with Gasteiger partial charge in [0.2, 0.25) is 11.8 Å². The van der Waals surface area contributed by atoms with Crippen molar-refractivity contribution in [1.82, 2.24) is 15.5 Å². The van der Waals surface area contributed by atoms with Crippen LogP contribution < -0.4 is 10.6 Å². The van der Waals surface area contributed by atoms with Gasteiger partial charge in [0.05, 0.1) is 19.6 Å². The van der Waals surface area contributed by atoms with Gasteiger partial charge in [-0.25, -0.2) is 4.39 Å². The van der Waals surface area contributed by atoms with Crippen LogP contribution in [0.15, 0.2) is 41.8 Å². The minimum atomic E-state index is -0.305. The van der Waals surface area contributed by atoms with Crippen molar-refractivity contribution in [2.24, 2.45) is 0 Å². The number of carbonyl (C=O) groups is 2. The molecule has 0 aliphatic rings. The molecule has 0 unspecified atom stereocenters. The highest BCUT2D eigenvalue weighted by atomic mass is 32.1. The number of thiophene rings is 1. The van der Waals surface area contributed by atoms with Gasteiger partial charge < -0.3 is 10.6 Å². The fraction of sp³-hybridized carbons (Fsp3) is 0.333. The van der Waals surface area contributed by atoms with E-state index >= 15 is 0 Å². The van der Waals surface area contributed by atoms with E-state index in [0.717, 1.165) is 10.4 Å². The molecular weight excluding hydrogens is 341 g/mol. The van der Waals surface area contributed by atoms with E-state index in [0.29, 0.717) is 19.6 Å². The zero-order chi connectivity index (χ0) is 18.1. The molecule has 1 aromatic carbocycles. The summed E-state index contributed by atoms with van der Waals surface area (Å²) in [4.78, 5) is 26.9. The first-order chi connectivity index (χ1) is 12.1. The fourth-order valence-corrected chi connectivity index (χ4v) is 2.84. The van der Waals surface area contributed by atoms with Crippen LogP contribution in [0.25, 0.3) is 0 Å². The number of carbonyl (C=O) groups excluding carboxylic acids is 2. The zero-order valence-corrected chi connectivity index (χ0v) is 14.9. The molecule has 2 amide bonds. The van der Waals surface area contributed by atoms with Gasteiger partial charge in [-0.15, -0.1) is 11.3 Å². The number of nitrogens with one attached hydrogen (secondary N) is 2. The molecule has 0 aliphatic heterocycles. The summed E-state index contributed by atoms with van der Waals surface area (Å²) < 4.78 is 12.8. The first-order valence-corrected chi connectivity index (χ1v) is 8.97. The minimum absolute atomic E-state index is 0.110. The molecule has 0 aliphatic carbocycles. The van der Waals surface area contributed by atoms with Gasteiger partial charge in [0.25, 0.3) is 0 Å². The number of amides is 2. The molecule has 0 radical (unpaired) electrons. The maximum absolute atomic E-state index is 12.8. The van der Waals surface area contributed by atoms with Gasteiger partial charge in [0.15, 0.2) is 0 Å². The number of likely N-dealkylation sites (N-methyl/N-ethyl adjacent to an activating group) is 1. The van der Waals surface area contributed by atoms with Crippen molar-refractivity contribution in [3.8, 4) is 0 Å². The zero-order valence-electron chi connectivity index (χ0n) is 14.1. The van der Waals surface area contributed by atoms with E-state index in [-0.39, 0.29) is 30.7 Å². The molecule has 1 heterocycles. The van der Waals surface area contributed by atoms with Crippen molar-refractivity contribution in [3.63, 3.8) is 0 Å². The largest absolute Gasteiger partial charge is 0.351 e. The Morgan fingerprint density at radius 1 is 1.04 bits per heavy atom. The minimum Gasteiger partial charge on any atom is -0.351 e. The first-order valence-electron chi connectivity index (χ1n) is 8.09. The van der Waals surface area contributed by atoms with Gasteiger partial charge >= 0.3 is 0 Å². The molecule has 2 N–H and O–H groups in total. The molecule has 0 atom stereocenters. The van der Waals surface area contributed by atoms with Gasteiger partial charge in [-0.2, -0.15) is 0 Å². The smallest absolute Gasteiger partial charge is 0.234 e. The number of nitrogens with zero attached hydrogens (tertiary/aromatic N) is 1. The third-order valence-electron chi connectivity index (χ3n) is 3.62. The number of halogens is 1. The summed E-state index contributed by atoms with van der Waals surface area (Å²) in [6.07, 6.45) is 0. The van der Waals surface area contributed by atoms with Crippen LogP contribution in [0.3, 0.4) is 0 Å². The lowest BCUT2D eigenvalue weighted by Gasteiger charge is -2.19. The van der Waals surface area contributed by atoms with Gasteiger partial charge in [-0.05, 0) is 35.7 Å². The summed E-state index contributed by atoms with van der Waals surface area (Å²) in [5, 5.41) is 7.59. The van der Waals surface area contributed by atoms with Gasteiger partial charge in [-0.3, -0.25) is 14.5 Å². The molecular formula is C18H22FN3O2S. The van der Waals surface area contributed by atoms with Crippen molar-refractivity contribution < 1.29 is 14.0 Å². The normalized spacial score (nSPS) is 10.7. The van der Waals surface area contributed by atoms with Crippen LogP contribution in [0.2, 0.25) is 0 Å². The molecule has 134 valence electrons. The Morgan fingerprint density at radius 2 is 1.68 bits per heavy atom. The Balaban J connectivity index is 1.71. The SMILES string of the molecule is CCN(CC(=O)NCc1ccc(F)cc1)CC(=O)NCc1cccs1. The lowest BCUT2D eigenvalue weighted by atomic mass is 10.2. The van der Waals surface area contributed by atoms with Crippen molar-refractivity contribution in [1.29, 1.82) is 0 Å². The lowest BCUT2D eigenvalue weighted by Crippen LogP contribution is -2.42. The number of benzene rings is 1. The molecule has 2 aromatic rings. The van der Waals surface area contributed by atoms with Crippen LogP contribution >= 0.6 is 11.3 Å². The monoisotopic (exact) mass is 363 g/mol. The lowest BCUT2D eigenvalue weighted by molar-refractivity contribution is -0.125. The van der Waals surface area contributed by atoms with Gasteiger partial charge in [0, 0.05) is 11.4 Å². The molecule has 0 saturated carbocycles. The van der Waals surface area contributed by atoms with E-state index in [2.05, 4.69) is 10.6 Å². The summed E-state index contributed by atoms with van der Waals surface area (Å²) >= 11 is 1.59. The van der Waals surface area contributed by atoms with Gasteiger partial charge in [0.1, 0.15) is 5.82 Å². The standard InChI is InChI=1S/C18H22FN3O2S/c1-2-22(13-18(24)21-11-16-4-3-9-25-16)12-17(23)20-10-14-5-7-15(19)8-6-14/h3-9H,2,10-13H2,1H3,(H,20,23)(H,21,24). The van der Waals surface area contributed by atoms with E-state index in [1.807, 2.05) is 24.4 Å². The Hall–Kier alpha value is -2.25. The summed E-state index contributed by atoms with van der Waals surface area (Å²) in [5.41, 5.74) is 0.825. The maximum atomic E-state index is 12.8. The number of rotatable bonds is 9. The van der Waals surface area contributed by atoms with Crippen LogP contribution in [0.1, 0.15) is 17.4 Å². The highest BCUT2D eigenvalue weighted by molar-refractivity contribution is 7.09. The number of hydrogen-bond donors (Lipinski definition) is 2. The van der Waals surface area contributed by atoms with E-state index < -0.39 is 0 Å². The number of hydrogen-bond acceptors (Lipinski definition) is 4. The van der Waals surface area contributed by atoms with Crippen LogP contribution in [0.5, 0.6) is 0 Å². The second-order valence-corrected chi connectivity index (χ2v) is 6.59. The van der Waals surface area contributed by atoms with Crippen molar-refractivity contribution in [3.05, 3.63) is 58.0 Å². The van der Waals surface area contributed by atoms with E-state index in [1.165, 1.54) is 12.1 Å². The topological polar surface area (TPSA) is 61.4 Å². The Morgan fingerprint density at radius 3 is 2.24 bits per heavy atom. The molecule has 1 aromatic heterocycles. The predicted octanol–water partition coefficient (Wildman–Crippen LogP) is 2.14. The Kier molecular flexibility index (Phi) is 7.56. The van der Waals surface area contributed by atoms with Crippen molar-refractivity contribution >= 4 is 23.2 Å². The van der Waals surface area contributed by atoms with Crippen LogP contribution in [-0.4, -0.2) is 36.3 Å². The Labute approximate surface area is 150 Å². The molecule has 5 nitrogen and oxygen atoms in total. The third kappa shape index (κ3) is 7.03. The third-order valence-corrected chi connectivity index (χ3v) is 4.50. The highest BCUT2D eigenvalue weighted by Gasteiger charge is 2.13. The van der Waals surface area contributed by atoms with E-state index in [1.54, 1.807) is 28.4 Å². The summed E-state index contributed by atoms with van der Waals surface area (Å²) in [7, 11) is 0. The molecule has 0 spiro atoms. The second kappa shape index (κ2) is 9.90. The predicted molar refractivity (Wildman–Crippen MR) is 96.5 cm³/mol. The molecule has 0 saturated heterocycles. The second-order valence-electron chi connectivity index (χ2n) is 5.56. The molecule has 7 heteroatoms. The van der Waals surface area contributed by atoms with E-state index in [4.69, 9.17) is 0 Å². The van der Waals surface area contributed by atoms with E-state index in [9.17, 15) is 14.0 Å². The molecule has 0 fully saturated rings. The Bertz CT molecular complexity index is 674. The fourth-order valence-electron chi connectivity index (χ4n) is 2.20. The summed E-state index contributed by atoms with van der Waals surface area (Å²) in [6.45, 7) is 3.65. The quantitative estimate of drug-likeness (QED) is 0.718. The van der Waals surface area contributed by atoms with Crippen molar-refractivity contribution in [2.45, 2.75) is 20.0 Å². The summed E-state index contributed by atoms with van der Waals surface area (Å²) in [6, 6.07) is 9.88. The van der Waals surface area contributed by atoms with Crippen molar-refractivity contribution in [2.75, 3.05) is 19.6 Å². The maximum Gasteiger partial charge on any atom is 0.234 e. The first kappa shape index (κ1) is 19.1. The molecule has 0 bridgehead atoms. The average Bonchev–Trinajstić information content (AvgIpc) is 3.12. The molecule has 2 rings (SSSR count). The van der Waals surface area contributed by atoms with Crippen LogP contribution in [-0.2, 0) is 22.7 Å². The summed E-state index contributed by atoms with van der Waals surface area (Å²) in [5.74, 6) is -0.584. The van der Waals surface area contributed by atoms with Gasteiger partial charge in [-0.1, -0.05) is 25.1 Å². The van der Waals surface area contributed by atoms with Crippen LogP contribution in [0.4, 0.5) is 4.39 Å². The highest BCUT2D eigenvalue weighted by Crippen LogP contribution is 2.07. The van der Waals surface area contributed by atoms with Crippen LogP contribution in [0, 0.1) is 5.82 Å². The molecule has 25 heavy (non-hydrogen) atoms.